The third kappa shape index (κ3) is 3.24. The quantitative estimate of drug-likeness (QED) is 0.822. The maximum absolute atomic E-state index is 12.8. The molecule has 2 atom stereocenters. The van der Waals surface area contributed by atoms with Crippen molar-refractivity contribution in [1.82, 2.24) is 9.88 Å². The number of fused-ring (bicyclic) bond motifs is 1. The first kappa shape index (κ1) is 16.8. The standard InChI is InChI=1S/C21H28N2O2/c1-16-8-10-22-11-18(16)13-25-15-21-9-4-7-19(21)12-23(14-21)20(24)17-5-2-3-6-17/h5,8,10-11,19H,2-4,6-7,9,12-15H2,1H3/t19-,21+/m1/s1. The number of carbonyl (C=O) groups excluding carboxylic acids is 1. The van der Waals surface area contributed by atoms with Crippen LogP contribution in [0.2, 0.25) is 0 Å². The highest BCUT2D eigenvalue weighted by Crippen LogP contribution is 2.49. The maximum atomic E-state index is 12.8. The smallest absolute Gasteiger partial charge is 0.249 e. The molecule has 1 amide bonds. The highest BCUT2D eigenvalue weighted by Gasteiger charge is 2.51. The minimum atomic E-state index is 0.172. The third-order valence-corrected chi connectivity index (χ3v) is 6.44. The maximum Gasteiger partial charge on any atom is 0.249 e. The second-order valence-corrected chi connectivity index (χ2v) is 8.05. The van der Waals surface area contributed by atoms with E-state index < -0.39 is 0 Å². The van der Waals surface area contributed by atoms with Gasteiger partial charge in [0.2, 0.25) is 5.91 Å². The molecule has 0 unspecified atom stereocenters. The van der Waals surface area contributed by atoms with Crippen molar-refractivity contribution in [3.8, 4) is 0 Å². The lowest BCUT2D eigenvalue weighted by molar-refractivity contribution is -0.127. The monoisotopic (exact) mass is 340 g/mol. The van der Waals surface area contributed by atoms with Crippen LogP contribution >= 0.6 is 0 Å². The zero-order valence-corrected chi connectivity index (χ0v) is 15.2. The molecule has 0 spiro atoms. The van der Waals surface area contributed by atoms with Gasteiger partial charge in [-0.15, -0.1) is 0 Å². The minimum Gasteiger partial charge on any atom is -0.376 e. The number of ether oxygens (including phenoxy) is 1. The summed E-state index contributed by atoms with van der Waals surface area (Å²) in [5, 5.41) is 0. The average Bonchev–Trinajstić information content (AvgIpc) is 3.31. The summed E-state index contributed by atoms with van der Waals surface area (Å²) >= 11 is 0. The van der Waals surface area contributed by atoms with Crippen molar-refractivity contribution in [2.24, 2.45) is 11.3 Å². The van der Waals surface area contributed by atoms with Crippen molar-refractivity contribution >= 4 is 5.91 Å². The van der Waals surface area contributed by atoms with E-state index in [-0.39, 0.29) is 11.3 Å². The highest BCUT2D eigenvalue weighted by atomic mass is 16.5. The van der Waals surface area contributed by atoms with E-state index in [1.54, 1.807) is 0 Å². The lowest BCUT2D eigenvalue weighted by Crippen LogP contribution is -2.35. The number of amides is 1. The van der Waals surface area contributed by atoms with Crippen molar-refractivity contribution < 1.29 is 9.53 Å². The van der Waals surface area contributed by atoms with Gasteiger partial charge < -0.3 is 9.64 Å². The first-order valence-electron chi connectivity index (χ1n) is 9.63. The number of hydrogen-bond donors (Lipinski definition) is 0. The largest absolute Gasteiger partial charge is 0.376 e. The van der Waals surface area contributed by atoms with E-state index in [0.717, 1.165) is 50.1 Å². The van der Waals surface area contributed by atoms with Crippen LogP contribution in [0.5, 0.6) is 0 Å². The Morgan fingerprint density at radius 2 is 2.36 bits per heavy atom. The fourth-order valence-corrected chi connectivity index (χ4v) is 4.89. The fraction of sp³-hybridized carbons (Fsp3) is 0.619. The molecule has 1 saturated carbocycles. The van der Waals surface area contributed by atoms with Crippen LogP contribution in [-0.4, -0.2) is 35.5 Å². The number of pyridine rings is 1. The van der Waals surface area contributed by atoms with Gasteiger partial charge in [-0.2, -0.15) is 0 Å². The van der Waals surface area contributed by atoms with E-state index in [2.05, 4.69) is 22.9 Å². The predicted molar refractivity (Wildman–Crippen MR) is 96.9 cm³/mol. The molecule has 4 nitrogen and oxygen atoms in total. The Labute approximate surface area is 150 Å². The van der Waals surface area contributed by atoms with Gasteiger partial charge in [0.25, 0.3) is 0 Å². The molecular formula is C21H28N2O2. The molecule has 1 aromatic heterocycles. The Bertz CT molecular complexity index is 684. The first-order valence-corrected chi connectivity index (χ1v) is 9.63. The third-order valence-electron chi connectivity index (χ3n) is 6.44. The number of aromatic nitrogens is 1. The molecular weight excluding hydrogens is 312 g/mol. The molecule has 2 heterocycles. The summed E-state index contributed by atoms with van der Waals surface area (Å²) in [7, 11) is 0. The van der Waals surface area contributed by atoms with Crippen molar-refractivity contribution in [3.05, 3.63) is 41.2 Å². The van der Waals surface area contributed by atoms with Crippen LogP contribution in [0, 0.1) is 18.3 Å². The summed E-state index contributed by atoms with van der Waals surface area (Å²) in [5.41, 5.74) is 3.61. The molecule has 0 N–H and O–H groups in total. The van der Waals surface area contributed by atoms with Gasteiger partial charge in [0.15, 0.2) is 0 Å². The fourth-order valence-electron chi connectivity index (χ4n) is 4.89. The van der Waals surface area contributed by atoms with E-state index in [0.29, 0.717) is 12.5 Å². The van der Waals surface area contributed by atoms with Crippen molar-refractivity contribution in [2.75, 3.05) is 19.7 Å². The second kappa shape index (κ2) is 6.91. The van der Waals surface area contributed by atoms with Crippen molar-refractivity contribution in [3.63, 3.8) is 0 Å². The van der Waals surface area contributed by atoms with Crippen LogP contribution in [0.4, 0.5) is 0 Å². The summed E-state index contributed by atoms with van der Waals surface area (Å²) < 4.78 is 6.15. The topological polar surface area (TPSA) is 42.4 Å². The lowest BCUT2D eigenvalue weighted by Gasteiger charge is -2.28. The Morgan fingerprint density at radius 3 is 3.16 bits per heavy atom. The number of allylic oxidation sites excluding steroid dienone is 1. The summed E-state index contributed by atoms with van der Waals surface area (Å²) in [6.07, 6.45) is 12.7. The van der Waals surface area contributed by atoms with E-state index >= 15 is 0 Å². The second-order valence-electron chi connectivity index (χ2n) is 8.05. The zero-order valence-electron chi connectivity index (χ0n) is 15.2. The Kier molecular flexibility index (Phi) is 4.63. The molecule has 1 saturated heterocycles. The molecule has 2 aliphatic carbocycles. The molecule has 2 fully saturated rings. The lowest BCUT2D eigenvalue weighted by atomic mass is 9.81. The van der Waals surface area contributed by atoms with Gasteiger partial charge in [-0.3, -0.25) is 9.78 Å². The number of nitrogens with zero attached hydrogens (tertiary/aromatic N) is 2. The molecule has 0 aromatic carbocycles. The molecule has 134 valence electrons. The molecule has 4 heteroatoms. The summed E-state index contributed by atoms with van der Waals surface area (Å²) in [4.78, 5) is 19.1. The van der Waals surface area contributed by atoms with Gasteiger partial charge in [-0.1, -0.05) is 12.5 Å². The summed E-state index contributed by atoms with van der Waals surface area (Å²) in [6, 6.07) is 2.03. The van der Waals surface area contributed by atoms with Crippen LogP contribution in [0.15, 0.2) is 30.1 Å². The van der Waals surface area contributed by atoms with Gasteiger partial charge in [0.1, 0.15) is 0 Å². The Balaban J connectivity index is 1.39. The predicted octanol–water partition coefficient (Wildman–Crippen LogP) is 3.65. The summed E-state index contributed by atoms with van der Waals surface area (Å²) in [5.74, 6) is 0.892. The van der Waals surface area contributed by atoms with Crippen LogP contribution in [0.25, 0.3) is 0 Å². The Morgan fingerprint density at radius 1 is 1.44 bits per heavy atom. The van der Waals surface area contributed by atoms with Gasteiger partial charge in [-0.05, 0) is 62.1 Å². The molecule has 1 aliphatic heterocycles. The number of carbonyl (C=O) groups is 1. The summed E-state index contributed by atoms with van der Waals surface area (Å²) in [6.45, 7) is 5.27. The van der Waals surface area contributed by atoms with Gasteiger partial charge in [0.05, 0.1) is 13.2 Å². The normalized spacial score (nSPS) is 28.3. The van der Waals surface area contributed by atoms with E-state index in [1.165, 1.54) is 24.8 Å². The number of hydrogen-bond acceptors (Lipinski definition) is 3. The van der Waals surface area contributed by atoms with Gasteiger partial charge in [-0.25, -0.2) is 0 Å². The zero-order chi connectivity index (χ0) is 17.3. The van der Waals surface area contributed by atoms with Crippen molar-refractivity contribution in [2.45, 2.75) is 52.1 Å². The van der Waals surface area contributed by atoms with Crippen LogP contribution in [0.1, 0.15) is 49.7 Å². The van der Waals surface area contributed by atoms with Gasteiger partial charge >= 0.3 is 0 Å². The SMILES string of the molecule is Cc1ccncc1COC[C@@]12CCC[C@@H]1CN(C(=O)C1=CCCC1)C2. The highest BCUT2D eigenvalue weighted by molar-refractivity contribution is 5.94. The minimum absolute atomic E-state index is 0.172. The van der Waals surface area contributed by atoms with Gasteiger partial charge in [0, 0.05) is 36.5 Å². The van der Waals surface area contributed by atoms with E-state index in [9.17, 15) is 4.79 Å². The molecule has 1 aromatic rings. The molecule has 25 heavy (non-hydrogen) atoms. The van der Waals surface area contributed by atoms with Crippen LogP contribution in [0.3, 0.4) is 0 Å². The van der Waals surface area contributed by atoms with Crippen LogP contribution in [-0.2, 0) is 16.1 Å². The van der Waals surface area contributed by atoms with Crippen molar-refractivity contribution in [1.29, 1.82) is 0 Å². The molecule has 3 aliphatic rings. The molecule has 0 bridgehead atoms. The number of likely N-dealkylation sites (tertiary alicyclic amines) is 1. The molecule has 4 rings (SSSR count). The Hall–Kier alpha value is -1.68. The number of aryl methyl sites for hydroxylation is 1. The average molecular weight is 340 g/mol. The first-order chi connectivity index (χ1) is 12.2. The van der Waals surface area contributed by atoms with E-state index in [1.807, 2.05) is 18.5 Å². The molecule has 0 radical (unpaired) electrons. The number of rotatable bonds is 5. The van der Waals surface area contributed by atoms with Crippen LogP contribution < -0.4 is 0 Å². The van der Waals surface area contributed by atoms with E-state index in [4.69, 9.17) is 4.74 Å².